The van der Waals surface area contributed by atoms with E-state index in [1.54, 1.807) is 13.8 Å². The lowest BCUT2D eigenvalue weighted by Crippen LogP contribution is -2.47. The summed E-state index contributed by atoms with van der Waals surface area (Å²) in [5, 5.41) is 27.7. The lowest BCUT2D eigenvalue weighted by atomic mass is 9.96. The summed E-state index contributed by atoms with van der Waals surface area (Å²) in [4.78, 5) is 11.8. The average molecular weight is 189 g/mol. The molecule has 13 heavy (non-hydrogen) atoms. The first kappa shape index (κ1) is 10.3. The van der Waals surface area contributed by atoms with Gasteiger partial charge in [0.05, 0.1) is 24.3 Å². The number of aliphatic hydroxyl groups is 2. The molecule has 5 nitrogen and oxygen atoms in total. The van der Waals surface area contributed by atoms with Crippen LogP contribution < -0.4 is 0 Å². The van der Waals surface area contributed by atoms with Gasteiger partial charge < -0.3 is 15.3 Å². The van der Waals surface area contributed by atoms with E-state index in [-0.39, 0.29) is 6.54 Å². The topological polar surface area (TPSA) is 81.0 Å². The number of hydrogen-bond acceptors (Lipinski definition) is 3. The third-order valence-corrected chi connectivity index (χ3v) is 2.34. The molecule has 0 unspecified atom stereocenters. The molecule has 0 aliphatic carbocycles. The largest absolute Gasteiger partial charge is 0.465 e. The first-order valence-electron chi connectivity index (χ1n) is 4.22. The summed E-state index contributed by atoms with van der Waals surface area (Å²) in [6.07, 6.45) is -1.45. The molecule has 1 heterocycles. The van der Waals surface area contributed by atoms with Crippen molar-refractivity contribution in [3.8, 4) is 0 Å². The van der Waals surface area contributed by atoms with Crippen LogP contribution >= 0.6 is 0 Å². The number of β-amino-alcohol motifs (C(OH)–C–C–N with tert-alkyl or cyclic N) is 1. The molecule has 1 fully saturated rings. The Morgan fingerprint density at radius 3 is 2.38 bits per heavy atom. The molecule has 1 saturated heterocycles. The van der Waals surface area contributed by atoms with Crippen molar-refractivity contribution < 1.29 is 20.1 Å². The van der Waals surface area contributed by atoms with Gasteiger partial charge in [0.1, 0.15) is 0 Å². The number of likely N-dealkylation sites (tertiary alicyclic amines) is 1. The van der Waals surface area contributed by atoms with Crippen LogP contribution in [0.1, 0.15) is 20.3 Å². The lowest BCUT2D eigenvalue weighted by molar-refractivity contribution is 0.00140. The highest BCUT2D eigenvalue weighted by molar-refractivity contribution is 5.66. The first-order valence-corrected chi connectivity index (χ1v) is 4.22. The minimum absolute atomic E-state index is 0.0873. The van der Waals surface area contributed by atoms with Crippen molar-refractivity contribution in [1.29, 1.82) is 0 Å². The Kier molecular flexibility index (Phi) is 2.49. The van der Waals surface area contributed by atoms with Crippen LogP contribution in [0, 0.1) is 0 Å². The Morgan fingerprint density at radius 2 is 2.08 bits per heavy atom. The van der Waals surface area contributed by atoms with Crippen LogP contribution in [-0.4, -0.2) is 50.6 Å². The molecule has 1 amide bonds. The van der Waals surface area contributed by atoms with Crippen molar-refractivity contribution in [1.82, 2.24) is 4.90 Å². The maximum absolute atomic E-state index is 10.7. The van der Waals surface area contributed by atoms with Crippen molar-refractivity contribution in [2.75, 3.05) is 6.54 Å². The summed E-state index contributed by atoms with van der Waals surface area (Å²) in [5.41, 5.74) is -1.10. The summed E-state index contributed by atoms with van der Waals surface area (Å²) in [6.45, 7) is 3.18. The molecule has 2 atom stereocenters. The quantitative estimate of drug-likeness (QED) is 0.536. The van der Waals surface area contributed by atoms with E-state index in [0.717, 1.165) is 4.90 Å². The molecule has 0 spiro atoms. The van der Waals surface area contributed by atoms with Crippen LogP contribution in [0.4, 0.5) is 4.79 Å². The van der Waals surface area contributed by atoms with Gasteiger partial charge in [-0.1, -0.05) is 0 Å². The van der Waals surface area contributed by atoms with E-state index in [9.17, 15) is 15.0 Å². The van der Waals surface area contributed by atoms with Crippen LogP contribution in [0.3, 0.4) is 0 Å². The van der Waals surface area contributed by atoms with Crippen LogP contribution in [-0.2, 0) is 0 Å². The average Bonchev–Trinajstić information content (AvgIpc) is 2.29. The van der Waals surface area contributed by atoms with Gasteiger partial charge >= 0.3 is 6.09 Å². The van der Waals surface area contributed by atoms with Crippen molar-refractivity contribution in [3.63, 3.8) is 0 Å². The number of carboxylic acid groups (broad SMARTS) is 1. The fourth-order valence-corrected chi connectivity index (χ4v) is 1.69. The van der Waals surface area contributed by atoms with E-state index in [0.29, 0.717) is 6.42 Å². The van der Waals surface area contributed by atoms with Crippen LogP contribution in [0.25, 0.3) is 0 Å². The van der Waals surface area contributed by atoms with Gasteiger partial charge in [-0.3, -0.25) is 4.90 Å². The molecule has 1 aliphatic heterocycles. The van der Waals surface area contributed by atoms with E-state index in [1.807, 2.05) is 0 Å². The molecule has 0 saturated carbocycles. The lowest BCUT2D eigenvalue weighted by Gasteiger charge is -2.31. The van der Waals surface area contributed by atoms with Gasteiger partial charge in [0.25, 0.3) is 0 Å². The highest BCUT2D eigenvalue weighted by Crippen LogP contribution is 2.26. The summed E-state index contributed by atoms with van der Waals surface area (Å²) in [7, 11) is 0. The third kappa shape index (κ3) is 2.10. The normalized spacial score (nSPS) is 29.4. The summed E-state index contributed by atoms with van der Waals surface area (Å²) in [6, 6.07) is -0.514. The Bertz CT molecular complexity index is 211. The second kappa shape index (κ2) is 3.16. The zero-order valence-corrected chi connectivity index (χ0v) is 7.77. The van der Waals surface area contributed by atoms with E-state index in [4.69, 9.17) is 5.11 Å². The van der Waals surface area contributed by atoms with Gasteiger partial charge in [-0.15, -0.1) is 0 Å². The Hall–Kier alpha value is -0.810. The molecule has 76 valence electrons. The van der Waals surface area contributed by atoms with Crippen LogP contribution in [0.15, 0.2) is 0 Å². The zero-order chi connectivity index (χ0) is 10.2. The van der Waals surface area contributed by atoms with Crippen LogP contribution in [0.2, 0.25) is 0 Å². The molecule has 1 aliphatic rings. The smallest absolute Gasteiger partial charge is 0.407 e. The van der Waals surface area contributed by atoms with Gasteiger partial charge in [0, 0.05) is 0 Å². The number of carbonyl (C=O) groups is 1. The molecule has 0 aromatic carbocycles. The number of amides is 1. The predicted molar refractivity (Wildman–Crippen MR) is 45.4 cm³/mol. The van der Waals surface area contributed by atoms with E-state index in [2.05, 4.69) is 0 Å². The third-order valence-electron chi connectivity index (χ3n) is 2.34. The fourth-order valence-electron chi connectivity index (χ4n) is 1.69. The van der Waals surface area contributed by atoms with Gasteiger partial charge in [0.15, 0.2) is 0 Å². The molecule has 0 radical (unpaired) electrons. The second-order valence-electron chi connectivity index (χ2n) is 3.99. The highest BCUT2D eigenvalue weighted by atomic mass is 16.4. The van der Waals surface area contributed by atoms with Crippen molar-refractivity contribution in [3.05, 3.63) is 0 Å². The molecule has 5 heteroatoms. The van der Waals surface area contributed by atoms with E-state index >= 15 is 0 Å². The van der Waals surface area contributed by atoms with Crippen molar-refractivity contribution in [2.24, 2.45) is 0 Å². The van der Waals surface area contributed by atoms with E-state index in [1.165, 1.54) is 0 Å². The van der Waals surface area contributed by atoms with Crippen molar-refractivity contribution >= 4 is 6.09 Å². The molecule has 3 N–H and O–H groups in total. The number of rotatable bonds is 1. The minimum atomic E-state index is -1.10. The zero-order valence-electron chi connectivity index (χ0n) is 7.77. The molecular weight excluding hydrogens is 174 g/mol. The van der Waals surface area contributed by atoms with Gasteiger partial charge in [-0.2, -0.15) is 0 Å². The summed E-state index contributed by atoms with van der Waals surface area (Å²) < 4.78 is 0. The Morgan fingerprint density at radius 1 is 1.54 bits per heavy atom. The summed E-state index contributed by atoms with van der Waals surface area (Å²) in [5.74, 6) is 0. The SMILES string of the molecule is CC(C)(O)[C@@H]1C[C@@H](O)CN1C(=O)O. The molecule has 0 aromatic heterocycles. The first-order chi connectivity index (χ1) is 5.82. The van der Waals surface area contributed by atoms with Crippen LogP contribution in [0.5, 0.6) is 0 Å². The number of aliphatic hydroxyl groups excluding tert-OH is 1. The standard InChI is InChI=1S/C8H15NO4/c1-8(2,13)6-3-5(10)4-9(6)7(11)12/h5-6,10,13H,3-4H2,1-2H3,(H,11,12)/t5-,6+/m1/s1. The fraction of sp³-hybridized carbons (Fsp3) is 0.875. The van der Waals surface area contributed by atoms with Gasteiger partial charge in [-0.05, 0) is 20.3 Å². The summed E-state index contributed by atoms with van der Waals surface area (Å²) >= 11 is 0. The van der Waals surface area contributed by atoms with E-state index < -0.39 is 23.8 Å². The minimum Gasteiger partial charge on any atom is -0.465 e. The molecule has 0 aromatic rings. The maximum Gasteiger partial charge on any atom is 0.407 e. The highest BCUT2D eigenvalue weighted by Gasteiger charge is 2.42. The number of nitrogens with zero attached hydrogens (tertiary/aromatic N) is 1. The molecule has 0 bridgehead atoms. The second-order valence-corrected chi connectivity index (χ2v) is 3.99. The predicted octanol–water partition coefficient (Wildman–Crippen LogP) is -0.130. The van der Waals surface area contributed by atoms with Gasteiger partial charge in [0.2, 0.25) is 0 Å². The monoisotopic (exact) mass is 189 g/mol. The Labute approximate surface area is 76.6 Å². The molecule has 1 rings (SSSR count). The Balaban J connectivity index is 2.78. The van der Waals surface area contributed by atoms with Crippen molar-refractivity contribution in [2.45, 2.75) is 38.0 Å². The van der Waals surface area contributed by atoms with Gasteiger partial charge in [-0.25, -0.2) is 4.79 Å². The molecular formula is C8H15NO4. The maximum atomic E-state index is 10.7. The number of hydrogen-bond donors (Lipinski definition) is 3.